The molecule has 7 nitrogen and oxygen atoms in total. The highest BCUT2D eigenvalue weighted by atomic mass is 16.4. The van der Waals surface area contributed by atoms with E-state index in [1.54, 1.807) is 36.9 Å². The summed E-state index contributed by atoms with van der Waals surface area (Å²) < 4.78 is 0. The summed E-state index contributed by atoms with van der Waals surface area (Å²) in [4.78, 5) is 32.2. The summed E-state index contributed by atoms with van der Waals surface area (Å²) in [6, 6.07) is 13.0. The molecule has 0 saturated carbocycles. The Kier molecular flexibility index (Phi) is 6.65. The van der Waals surface area contributed by atoms with Gasteiger partial charge in [0.05, 0.1) is 5.56 Å². The zero-order chi connectivity index (χ0) is 20.6. The van der Waals surface area contributed by atoms with Gasteiger partial charge in [0, 0.05) is 37.4 Å². The molecule has 148 valence electrons. The van der Waals surface area contributed by atoms with Crippen molar-refractivity contribution in [1.82, 2.24) is 20.6 Å². The first-order chi connectivity index (χ1) is 14.0. The molecule has 0 saturated heterocycles. The lowest BCUT2D eigenvalue weighted by Crippen LogP contribution is -2.38. The third-order valence-electron chi connectivity index (χ3n) is 4.57. The first-order valence-electron chi connectivity index (χ1n) is 9.20. The van der Waals surface area contributed by atoms with Crippen molar-refractivity contribution < 1.29 is 14.7 Å². The number of aromatic carboxylic acids is 1. The third kappa shape index (κ3) is 5.46. The number of carboxylic acid groups (broad SMARTS) is 1. The highest BCUT2D eigenvalue weighted by Gasteiger charge is 2.23. The van der Waals surface area contributed by atoms with Gasteiger partial charge in [0.25, 0.3) is 0 Å². The van der Waals surface area contributed by atoms with Crippen molar-refractivity contribution in [2.75, 3.05) is 0 Å². The standard InChI is InChI=1S/C22H22N4O3/c1-15(17-8-11-23-12-9-17)26-20(18-4-6-19(7-5-18)22(28)29)21(27)25-14-16-3-2-10-24-13-16/h2-13,15,20,26H,14H2,1H3,(H,25,27)(H,28,29). The Hall–Kier alpha value is -3.58. The first-order valence-corrected chi connectivity index (χ1v) is 9.20. The number of nitrogens with one attached hydrogen (secondary N) is 2. The van der Waals surface area contributed by atoms with Crippen LogP contribution in [-0.2, 0) is 11.3 Å². The highest BCUT2D eigenvalue weighted by Crippen LogP contribution is 2.20. The zero-order valence-electron chi connectivity index (χ0n) is 15.9. The Morgan fingerprint density at radius 3 is 2.31 bits per heavy atom. The number of carboxylic acids is 1. The van der Waals surface area contributed by atoms with E-state index >= 15 is 0 Å². The number of rotatable bonds is 8. The molecule has 3 N–H and O–H groups in total. The largest absolute Gasteiger partial charge is 0.478 e. The van der Waals surface area contributed by atoms with E-state index in [2.05, 4.69) is 20.6 Å². The molecule has 0 aliphatic rings. The van der Waals surface area contributed by atoms with Gasteiger partial charge < -0.3 is 10.4 Å². The van der Waals surface area contributed by atoms with Crippen molar-refractivity contribution in [3.8, 4) is 0 Å². The number of nitrogens with zero attached hydrogens (tertiary/aromatic N) is 2. The maximum absolute atomic E-state index is 13.0. The first kappa shape index (κ1) is 20.2. The van der Waals surface area contributed by atoms with E-state index in [0.717, 1.165) is 11.1 Å². The monoisotopic (exact) mass is 390 g/mol. The van der Waals surface area contributed by atoms with Crippen LogP contribution >= 0.6 is 0 Å². The molecule has 0 spiro atoms. The average molecular weight is 390 g/mol. The minimum absolute atomic E-state index is 0.119. The fourth-order valence-corrected chi connectivity index (χ4v) is 2.93. The van der Waals surface area contributed by atoms with Crippen LogP contribution in [0.3, 0.4) is 0 Å². The van der Waals surface area contributed by atoms with Crippen molar-refractivity contribution >= 4 is 11.9 Å². The number of aromatic nitrogens is 2. The van der Waals surface area contributed by atoms with Gasteiger partial charge in [-0.3, -0.25) is 20.1 Å². The predicted octanol–water partition coefficient (Wildman–Crippen LogP) is 2.88. The summed E-state index contributed by atoms with van der Waals surface area (Å²) in [7, 11) is 0. The molecule has 7 heteroatoms. The van der Waals surface area contributed by atoms with Gasteiger partial charge in [0.1, 0.15) is 6.04 Å². The van der Waals surface area contributed by atoms with Crippen LogP contribution in [0, 0.1) is 0 Å². The summed E-state index contributed by atoms with van der Waals surface area (Å²) in [5.74, 6) is -1.22. The van der Waals surface area contributed by atoms with Crippen molar-refractivity contribution in [3.05, 3.63) is 95.6 Å². The predicted molar refractivity (Wildman–Crippen MR) is 108 cm³/mol. The van der Waals surface area contributed by atoms with Crippen molar-refractivity contribution in [2.45, 2.75) is 25.6 Å². The lowest BCUT2D eigenvalue weighted by atomic mass is 10.0. The van der Waals surface area contributed by atoms with Gasteiger partial charge in [-0.1, -0.05) is 18.2 Å². The Morgan fingerprint density at radius 1 is 0.966 bits per heavy atom. The fourth-order valence-electron chi connectivity index (χ4n) is 2.93. The fraction of sp³-hybridized carbons (Fsp3) is 0.182. The van der Waals surface area contributed by atoms with E-state index in [9.17, 15) is 9.59 Å². The zero-order valence-corrected chi connectivity index (χ0v) is 15.9. The lowest BCUT2D eigenvalue weighted by Gasteiger charge is -2.23. The summed E-state index contributed by atoms with van der Waals surface area (Å²) in [5, 5.41) is 15.4. The van der Waals surface area contributed by atoms with Crippen LogP contribution < -0.4 is 10.6 Å². The molecular weight excluding hydrogens is 368 g/mol. The molecule has 2 aromatic heterocycles. The molecule has 1 aromatic carbocycles. The van der Waals surface area contributed by atoms with Crippen LogP contribution in [-0.4, -0.2) is 27.0 Å². The summed E-state index contributed by atoms with van der Waals surface area (Å²) in [6.07, 6.45) is 6.78. The van der Waals surface area contributed by atoms with Gasteiger partial charge in [-0.05, 0) is 53.9 Å². The number of hydrogen-bond acceptors (Lipinski definition) is 5. The number of hydrogen-bond donors (Lipinski definition) is 3. The normalized spacial score (nSPS) is 12.7. The maximum Gasteiger partial charge on any atom is 0.335 e. The minimum Gasteiger partial charge on any atom is -0.478 e. The Balaban J connectivity index is 1.79. The van der Waals surface area contributed by atoms with Crippen molar-refractivity contribution in [2.24, 2.45) is 0 Å². The van der Waals surface area contributed by atoms with Gasteiger partial charge in [0.15, 0.2) is 0 Å². The Bertz CT molecular complexity index is 947. The summed E-state index contributed by atoms with van der Waals surface area (Å²) >= 11 is 0. The summed E-state index contributed by atoms with van der Waals surface area (Å²) in [6.45, 7) is 2.31. The molecule has 2 atom stereocenters. The van der Waals surface area contributed by atoms with Gasteiger partial charge in [0.2, 0.25) is 5.91 Å². The van der Waals surface area contributed by atoms with E-state index < -0.39 is 12.0 Å². The molecule has 3 aromatic rings. The molecule has 0 radical (unpaired) electrons. The van der Waals surface area contributed by atoms with Crippen molar-refractivity contribution in [3.63, 3.8) is 0 Å². The molecule has 2 unspecified atom stereocenters. The van der Waals surface area contributed by atoms with Crippen molar-refractivity contribution in [1.29, 1.82) is 0 Å². The second-order valence-electron chi connectivity index (χ2n) is 6.61. The molecule has 2 heterocycles. The van der Waals surface area contributed by atoms with Crippen LogP contribution in [0.25, 0.3) is 0 Å². The quantitative estimate of drug-likeness (QED) is 0.546. The second-order valence-corrected chi connectivity index (χ2v) is 6.61. The number of carbonyl (C=O) groups excluding carboxylic acids is 1. The SMILES string of the molecule is CC(NC(C(=O)NCc1cccnc1)c1ccc(C(=O)O)cc1)c1ccncc1. The number of carbonyl (C=O) groups is 2. The van der Waals surface area contributed by atoms with Gasteiger partial charge in [-0.2, -0.15) is 0 Å². The lowest BCUT2D eigenvalue weighted by molar-refractivity contribution is -0.123. The summed E-state index contributed by atoms with van der Waals surface area (Å²) in [5.41, 5.74) is 2.74. The van der Waals surface area contributed by atoms with E-state index in [0.29, 0.717) is 12.1 Å². The van der Waals surface area contributed by atoms with Gasteiger partial charge in [-0.25, -0.2) is 4.79 Å². The molecule has 29 heavy (non-hydrogen) atoms. The Morgan fingerprint density at radius 2 is 1.69 bits per heavy atom. The van der Waals surface area contributed by atoms with Crippen LogP contribution in [0.1, 0.15) is 46.1 Å². The maximum atomic E-state index is 13.0. The second kappa shape index (κ2) is 9.57. The highest BCUT2D eigenvalue weighted by molar-refractivity contribution is 5.88. The smallest absolute Gasteiger partial charge is 0.335 e. The van der Waals surface area contributed by atoms with Gasteiger partial charge >= 0.3 is 5.97 Å². The van der Waals surface area contributed by atoms with Crippen LogP contribution in [0.2, 0.25) is 0 Å². The molecule has 1 amide bonds. The number of amides is 1. The molecule has 0 fully saturated rings. The van der Waals surface area contributed by atoms with E-state index in [-0.39, 0.29) is 17.5 Å². The topological polar surface area (TPSA) is 104 Å². The molecule has 3 rings (SSSR count). The van der Waals surface area contributed by atoms with Gasteiger partial charge in [-0.15, -0.1) is 0 Å². The van der Waals surface area contributed by atoms with E-state index in [4.69, 9.17) is 5.11 Å². The van der Waals surface area contributed by atoms with Crippen LogP contribution in [0.5, 0.6) is 0 Å². The Labute approximate surface area is 168 Å². The number of benzene rings is 1. The minimum atomic E-state index is -1.01. The molecule has 0 aliphatic heterocycles. The molecular formula is C22H22N4O3. The molecule has 0 bridgehead atoms. The molecule has 0 aliphatic carbocycles. The average Bonchev–Trinajstić information content (AvgIpc) is 2.77. The van der Waals surface area contributed by atoms with E-state index in [1.165, 1.54) is 12.1 Å². The number of pyridine rings is 2. The van der Waals surface area contributed by atoms with E-state index in [1.807, 2.05) is 31.2 Å². The van der Waals surface area contributed by atoms with Crippen LogP contribution in [0.15, 0.2) is 73.3 Å². The third-order valence-corrected chi connectivity index (χ3v) is 4.57. The van der Waals surface area contributed by atoms with Crippen LogP contribution in [0.4, 0.5) is 0 Å².